The molecule has 2 rings (SSSR count). The molecule has 2 aromatic carbocycles. The molecule has 0 fully saturated rings. The summed E-state index contributed by atoms with van der Waals surface area (Å²) in [4.78, 5) is 43.5. The van der Waals surface area contributed by atoms with E-state index >= 15 is 0 Å². The van der Waals surface area contributed by atoms with Gasteiger partial charge in [0.2, 0.25) is 0 Å². The van der Waals surface area contributed by atoms with E-state index in [-0.39, 0.29) is 23.1 Å². The first-order valence-corrected chi connectivity index (χ1v) is 14.0. The van der Waals surface area contributed by atoms with Crippen molar-refractivity contribution in [2.75, 3.05) is 0 Å². The summed E-state index contributed by atoms with van der Waals surface area (Å²) in [6.45, 7) is 2.72. The van der Waals surface area contributed by atoms with Crippen molar-refractivity contribution in [2.45, 2.75) is 13.8 Å². The van der Waals surface area contributed by atoms with Gasteiger partial charge in [-0.3, -0.25) is 0 Å². The van der Waals surface area contributed by atoms with Crippen molar-refractivity contribution in [1.29, 1.82) is 0 Å². The van der Waals surface area contributed by atoms with E-state index in [9.17, 15) is 19.2 Å². The van der Waals surface area contributed by atoms with E-state index in [2.05, 4.69) is 0 Å². The number of carbonyl (C=O) groups excluding carboxylic acids is 4. The molecule has 0 unspecified atom stereocenters. The van der Waals surface area contributed by atoms with Crippen LogP contribution in [0.2, 0.25) is 0 Å². The van der Waals surface area contributed by atoms with Crippen LogP contribution >= 0.6 is 17.0 Å². The molecule has 4 nitrogen and oxygen atoms in total. The fourth-order valence-electron chi connectivity index (χ4n) is 1.74. The van der Waals surface area contributed by atoms with Gasteiger partial charge in [0.15, 0.2) is 0 Å². The van der Waals surface area contributed by atoms with Gasteiger partial charge in [0.1, 0.15) is 0 Å². The van der Waals surface area contributed by atoms with Crippen molar-refractivity contribution >= 4 is 40.2 Å². The third-order valence-corrected chi connectivity index (χ3v) is 2.79. The summed E-state index contributed by atoms with van der Waals surface area (Å²) >= 11 is -0.826. The minimum atomic E-state index is -0.826. The van der Waals surface area contributed by atoms with E-state index in [0.717, 1.165) is 12.8 Å². The zero-order chi connectivity index (χ0) is 20.7. The second-order valence-corrected chi connectivity index (χ2v) is 8.77. The van der Waals surface area contributed by atoms with Crippen molar-refractivity contribution in [3.8, 4) is 0 Å². The summed E-state index contributed by atoms with van der Waals surface area (Å²) in [6, 6.07) is 17.4. The topological polar surface area (TPSA) is 68.3 Å². The first-order chi connectivity index (χ1) is 12.8. The molecule has 0 saturated heterocycles. The number of rotatable bonds is 6. The van der Waals surface area contributed by atoms with E-state index in [4.69, 9.17) is 17.0 Å². The van der Waals surface area contributed by atoms with Gasteiger partial charge < -0.3 is 19.2 Å². The molecule has 0 amide bonds. The Bertz CT molecular complexity index is 671. The molecule has 2 aromatic rings. The first-order valence-electron chi connectivity index (χ1n) is 7.67. The van der Waals surface area contributed by atoms with Crippen LogP contribution < -0.4 is 0 Å². The molecule has 0 aromatic heterocycles. The molecule has 0 N–H and O–H groups in total. The van der Waals surface area contributed by atoms with Gasteiger partial charge in [0, 0.05) is 11.6 Å². The van der Waals surface area contributed by atoms with Crippen LogP contribution in [0.5, 0.6) is 0 Å². The molecule has 142 valence electrons. The van der Waals surface area contributed by atoms with Gasteiger partial charge in [0.25, 0.3) is 0 Å². The van der Waals surface area contributed by atoms with Crippen LogP contribution in [0.4, 0.5) is 0 Å². The van der Waals surface area contributed by atoms with Crippen molar-refractivity contribution in [2.24, 2.45) is 0 Å². The van der Waals surface area contributed by atoms with Crippen LogP contribution in [0, 0.1) is 12.8 Å². The number of Topliss-reactive ketones (excluding diaryl/α,β-unsaturated/α-hetero) is 4. The second-order valence-electron chi connectivity index (χ2n) is 5.04. The molecule has 0 aliphatic heterocycles. The summed E-state index contributed by atoms with van der Waals surface area (Å²) in [5, 5.41) is 0. The van der Waals surface area contributed by atoms with Crippen molar-refractivity contribution in [1.82, 2.24) is 0 Å². The van der Waals surface area contributed by atoms with E-state index in [1.165, 1.54) is 13.8 Å². The van der Waals surface area contributed by atoms with Gasteiger partial charge in [-0.25, -0.2) is 0 Å². The molecular formula is C20H18Cl2O4Zr-2. The van der Waals surface area contributed by atoms with Crippen molar-refractivity contribution in [3.63, 3.8) is 0 Å². The van der Waals surface area contributed by atoms with Crippen LogP contribution in [0.1, 0.15) is 34.6 Å². The Morgan fingerprint density at radius 3 is 1.15 bits per heavy atom. The molecule has 27 heavy (non-hydrogen) atoms. The molecule has 7 heteroatoms. The van der Waals surface area contributed by atoms with Gasteiger partial charge in [-0.15, -0.1) is 48.2 Å². The normalized spacial score (nSPS) is 8.59. The Labute approximate surface area is 177 Å². The average molecular weight is 484 g/mol. The van der Waals surface area contributed by atoms with Crippen molar-refractivity contribution < 1.29 is 40.0 Å². The molecule has 0 bridgehead atoms. The number of benzene rings is 2. The maximum atomic E-state index is 11.2. The van der Waals surface area contributed by atoms with Gasteiger partial charge in [-0.2, -0.15) is 0 Å². The summed E-state index contributed by atoms with van der Waals surface area (Å²) in [5.74, 6) is -0.904. The van der Waals surface area contributed by atoms with Crippen LogP contribution in [0.3, 0.4) is 0 Å². The Balaban J connectivity index is 0.000000438. The molecular weight excluding hydrogens is 466 g/mol. The summed E-state index contributed by atoms with van der Waals surface area (Å²) in [7, 11) is 9.87. The zero-order valence-electron chi connectivity index (χ0n) is 14.8. The number of carbonyl (C=O) groups is 4. The van der Waals surface area contributed by atoms with Crippen LogP contribution in [0.25, 0.3) is 0 Å². The number of hydrogen-bond donors (Lipinski definition) is 0. The number of hydrogen-bond acceptors (Lipinski definition) is 4. The fraction of sp³-hybridized carbons (Fsp3) is 0.100. The van der Waals surface area contributed by atoms with Gasteiger partial charge >= 0.3 is 37.9 Å². The third-order valence-electron chi connectivity index (χ3n) is 2.79. The van der Waals surface area contributed by atoms with Crippen LogP contribution in [0.15, 0.2) is 60.7 Å². The summed E-state index contributed by atoms with van der Waals surface area (Å²) in [6.07, 6.45) is 2.19. The molecule has 0 saturated carbocycles. The predicted molar refractivity (Wildman–Crippen MR) is 103 cm³/mol. The SMILES string of the molecule is CC(=O)[CH-]C(=O)c1ccccc1.CC(=O)[CH-]C(=O)c1ccccc1.[Cl][Zr][Cl]. The van der Waals surface area contributed by atoms with E-state index in [0.29, 0.717) is 11.1 Å². The first kappa shape index (κ1) is 25.3. The molecule has 0 atom stereocenters. The Hall–Kier alpha value is -1.68. The standard InChI is InChI=1S/2C10H9O2.2ClH.Zr/c2*1-8(11)7-10(12)9-5-3-2-4-6-9;;;/h2*2-7H,1H3;2*1H;/q2*-1;;;+2/p-2. The van der Waals surface area contributed by atoms with Gasteiger partial charge in [-0.1, -0.05) is 36.4 Å². The molecule has 0 aliphatic rings. The maximum absolute atomic E-state index is 11.2. The minimum absolute atomic E-state index is 0.219. The van der Waals surface area contributed by atoms with Gasteiger partial charge in [-0.05, 0) is 13.8 Å². The summed E-state index contributed by atoms with van der Waals surface area (Å²) < 4.78 is 0. The molecule has 0 heterocycles. The van der Waals surface area contributed by atoms with E-state index in [1.807, 2.05) is 12.1 Å². The van der Waals surface area contributed by atoms with Crippen LogP contribution in [-0.2, 0) is 30.4 Å². The van der Waals surface area contributed by atoms with Crippen LogP contribution in [-0.4, -0.2) is 23.1 Å². The molecule has 0 radical (unpaired) electrons. The second kappa shape index (κ2) is 15.4. The Morgan fingerprint density at radius 2 is 0.926 bits per heavy atom. The fourth-order valence-corrected chi connectivity index (χ4v) is 1.74. The van der Waals surface area contributed by atoms with E-state index < -0.39 is 20.8 Å². The third kappa shape index (κ3) is 13.2. The zero-order valence-corrected chi connectivity index (χ0v) is 18.8. The average Bonchev–Trinajstić information content (AvgIpc) is 2.63. The number of halogens is 2. The van der Waals surface area contributed by atoms with Gasteiger partial charge in [0.05, 0.1) is 11.6 Å². The predicted octanol–water partition coefficient (Wildman–Crippen LogP) is 4.70. The monoisotopic (exact) mass is 482 g/mol. The summed E-state index contributed by atoms with van der Waals surface area (Å²) in [5.41, 5.74) is 1.10. The Morgan fingerprint density at radius 1 is 0.667 bits per heavy atom. The quantitative estimate of drug-likeness (QED) is 0.339. The molecule has 0 spiro atoms. The van der Waals surface area contributed by atoms with Crippen molar-refractivity contribution in [3.05, 3.63) is 84.6 Å². The Kier molecular flexibility index (Phi) is 14.4. The molecule has 0 aliphatic carbocycles. The van der Waals surface area contributed by atoms with E-state index in [1.54, 1.807) is 48.5 Å². The number of ketones is 4.